The maximum Gasteiger partial charge on any atom is 0.404 e. The van der Waals surface area contributed by atoms with Gasteiger partial charge in [0.2, 0.25) is 0 Å². The summed E-state index contributed by atoms with van der Waals surface area (Å²) < 4.78 is 9.52. The van der Waals surface area contributed by atoms with Crippen molar-refractivity contribution in [2.24, 2.45) is 0 Å². The van der Waals surface area contributed by atoms with Crippen LogP contribution in [0.4, 0.5) is 11.6 Å². The molecule has 8 heteroatoms. The number of anilines is 2. The lowest BCUT2D eigenvalue weighted by atomic mass is 10.00. The van der Waals surface area contributed by atoms with E-state index in [-0.39, 0.29) is 0 Å². The highest BCUT2D eigenvalue weighted by Gasteiger charge is 2.18. The number of aryl methyl sites for hydroxylation is 2. The molecule has 0 unspecified atom stereocenters. The molecule has 0 amide bonds. The SMILES string of the molecule is C=CCc1cccc(Oc2cc(-c3c(C)cccc3C)nc(NSc3cccc(N)c3)[nH+]2)c1.CO.CO. The summed E-state index contributed by atoms with van der Waals surface area (Å²) in [6.45, 7) is 8.00. The van der Waals surface area contributed by atoms with Gasteiger partial charge in [-0.2, -0.15) is 0 Å². The molecule has 0 saturated carbocycles. The number of hydrogen-bond acceptors (Lipinski definition) is 7. The Morgan fingerprint density at radius 1 is 0.973 bits per heavy atom. The molecule has 37 heavy (non-hydrogen) atoms. The molecule has 7 nitrogen and oxygen atoms in total. The van der Waals surface area contributed by atoms with Crippen molar-refractivity contribution in [1.29, 1.82) is 0 Å². The largest absolute Gasteiger partial charge is 0.429 e. The third-order valence-corrected chi connectivity index (χ3v) is 5.89. The van der Waals surface area contributed by atoms with E-state index in [1.54, 1.807) is 0 Å². The second-order valence-electron chi connectivity index (χ2n) is 7.76. The Balaban J connectivity index is 0.00000115. The van der Waals surface area contributed by atoms with Gasteiger partial charge in [-0.25, -0.2) is 9.71 Å². The Labute approximate surface area is 223 Å². The van der Waals surface area contributed by atoms with E-state index < -0.39 is 0 Å². The van der Waals surface area contributed by atoms with Crippen LogP contribution in [0.5, 0.6) is 11.6 Å². The number of benzene rings is 3. The standard InChI is InChI=1S/C27H26N4OS.2CH4O/c1-4-8-20-11-6-13-22(15-20)32-25-17-24(26-18(2)9-5-10-19(26)3)29-27(30-25)31-33-23-14-7-12-21(28)16-23;2*1-2/h4-7,9-17H,1,8,28H2,2-3H3,(H,29,30,31);2*2H,1H3/p+1. The zero-order valence-electron chi connectivity index (χ0n) is 21.7. The van der Waals surface area contributed by atoms with E-state index in [0.717, 1.165) is 59.2 Å². The van der Waals surface area contributed by atoms with Crippen LogP contribution in [-0.2, 0) is 6.42 Å². The second kappa shape index (κ2) is 15.3. The predicted molar refractivity (Wildman–Crippen MR) is 153 cm³/mol. The Kier molecular flexibility index (Phi) is 12.2. The minimum Gasteiger partial charge on any atom is -0.429 e. The number of aromatic nitrogens is 2. The van der Waals surface area contributed by atoms with Gasteiger partial charge in [0.05, 0.1) is 18.0 Å². The number of hydrogen-bond donors (Lipinski definition) is 4. The first-order chi connectivity index (χ1) is 18.0. The lowest BCUT2D eigenvalue weighted by Gasteiger charge is -2.10. The third kappa shape index (κ3) is 8.64. The number of aromatic amines is 1. The molecule has 0 aliphatic rings. The van der Waals surface area contributed by atoms with Gasteiger partial charge in [-0.3, -0.25) is 0 Å². The van der Waals surface area contributed by atoms with Crippen molar-refractivity contribution in [3.63, 3.8) is 0 Å². The molecular weight excluding hydrogens is 484 g/mol. The van der Waals surface area contributed by atoms with Crippen LogP contribution in [0.3, 0.4) is 0 Å². The summed E-state index contributed by atoms with van der Waals surface area (Å²) in [5.41, 5.74) is 12.0. The van der Waals surface area contributed by atoms with Crippen molar-refractivity contribution in [1.82, 2.24) is 4.98 Å². The van der Waals surface area contributed by atoms with Crippen LogP contribution in [0.15, 0.2) is 90.3 Å². The summed E-state index contributed by atoms with van der Waals surface area (Å²) in [6.07, 6.45) is 2.67. The van der Waals surface area contributed by atoms with E-state index in [2.05, 4.69) is 54.4 Å². The molecule has 0 aliphatic heterocycles. The number of nitrogens with one attached hydrogen (secondary N) is 2. The van der Waals surface area contributed by atoms with Gasteiger partial charge in [0.15, 0.2) is 5.69 Å². The van der Waals surface area contributed by atoms with Crippen molar-refractivity contribution in [3.05, 3.63) is 102 Å². The molecule has 0 bridgehead atoms. The molecule has 0 saturated heterocycles. The van der Waals surface area contributed by atoms with Crippen LogP contribution in [0.25, 0.3) is 11.3 Å². The van der Waals surface area contributed by atoms with Crippen LogP contribution in [0.1, 0.15) is 16.7 Å². The van der Waals surface area contributed by atoms with Crippen molar-refractivity contribution in [2.75, 3.05) is 24.7 Å². The summed E-state index contributed by atoms with van der Waals surface area (Å²) in [5.74, 6) is 1.92. The first kappa shape index (κ1) is 29.4. The fraction of sp³-hybridized carbons (Fsp3) is 0.172. The number of ether oxygens (including phenoxy) is 1. The van der Waals surface area contributed by atoms with E-state index in [4.69, 9.17) is 25.7 Å². The molecule has 0 spiro atoms. The van der Waals surface area contributed by atoms with Crippen LogP contribution < -0.4 is 20.2 Å². The van der Waals surface area contributed by atoms with Gasteiger partial charge >= 0.3 is 5.95 Å². The summed E-state index contributed by atoms with van der Waals surface area (Å²) in [5, 5.41) is 14.0. The summed E-state index contributed by atoms with van der Waals surface area (Å²) in [4.78, 5) is 9.09. The number of aliphatic hydroxyl groups is 2. The van der Waals surface area contributed by atoms with Crippen LogP contribution in [0.2, 0.25) is 0 Å². The van der Waals surface area contributed by atoms with Crippen molar-refractivity contribution in [2.45, 2.75) is 25.2 Å². The molecule has 0 fully saturated rings. The summed E-state index contributed by atoms with van der Waals surface area (Å²) in [6, 6.07) is 23.9. The molecular formula is C29H35N4O3S+. The first-order valence-electron chi connectivity index (χ1n) is 11.6. The highest BCUT2D eigenvalue weighted by Crippen LogP contribution is 2.30. The fourth-order valence-corrected chi connectivity index (χ4v) is 4.28. The second-order valence-corrected chi connectivity index (χ2v) is 8.64. The van der Waals surface area contributed by atoms with Crippen molar-refractivity contribution < 1.29 is 19.9 Å². The van der Waals surface area contributed by atoms with Crippen LogP contribution in [-0.4, -0.2) is 29.4 Å². The quantitative estimate of drug-likeness (QED) is 0.136. The highest BCUT2D eigenvalue weighted by atomic mass is 32.2. The van der Waals surface area contributed by atoms with E-state index >= 15 is 0 Å². The number of nitrogens with two attached hydrogens (primary N) is 1. The molecule has 0 atom stereocenters. The summed E-state index contributed by atoms with van der Waals surface area (Å²) in [7, 11) is 2.00. The lowest BCUT2D eigenvalue weighted by Crippen LogP contribution is -2.15. The maximum atomic E-state index is 7.00. The van der Waals surface area contributed by atoms with Gasteiger partial charge in [-0.05, 0) is 67.3 Å². The first-order valence-corrected chi connectivity index (χ1v) is 12.4. The fourth-order valence-electron chi connectivity index (χ4n) is 3.62. The third-order valence-electron chi connectivity index (χ3n) is 5.11. The Hall–Kier alpha value is -3.85. The highest BCUT2D eigenvalue weighted by molar-refractivity contribution is 8.00. The molecule has 1 aromatic heterocycles. The average Bonchev–Trinajstić information content (AvgIpc) is 2.90. The van der Waals surface area contributed by atoms with Crippen LogP contribution >= 0.6 is 11.9 Å². The minimum absolute atomic E-state index is 0.583. The molecule has 3 aromatic carbocycles. The average molecular weight is 520 g/mol. The van der Waals surface area contributed by atoms with E-state index in [0.29, 0.717) is 17.5 Å². The zero-order valence-corrected chi connectivity index (χ0v) is 22.5. The van der Waals surface area contributed by atoms with E-state index in [9.17, 15) is 0 Å². The van der Waals surface area contributed by atoms with Crippen LogP contribution in [0, 0.1) is 13.8 Å². The Bertz CT molecular complexity index is 1280. The van der Waals surface area contributed by atoms with E-state index in [1.807, 2.05) is 54.6 Å². The van der Waals surface area contributed by atoms with Gasteiger partial charge in [-0.15, -0.1) is 6.58 Å². The molecule has 194 valence electrons. The molecule has 6 N–H and O–H groups in total. The number of allylic oxidation sites excluding steroid dienone is 1. The molecule has 4 aromatic rings. The number of rotatable bonds is 8. The predicted octanol–water partition coefficient (Wildman–Crippen LogP) is 5.62. The van der Waals surface area contributed by atoms with Gasteiger partial charge < -0.3 is 20.7 Å². The number of H-pyrrole nitrogens is 1. The molecule has 0 aliphatic carbocycles. The van der Waals surface area contributed by atoms with Crippen molar-refractivity contribution >= 4 is 23.6 Å². The van der Waals surface area contributed by atoms with Gasteiger partial charge in [0, 0.05) is 30.4 Å². The molecule has 1 heterocycles. The Morgan fingerprint density at radius 2 is 1.65 bits per heavy atom. The monoisotopic (exact) mass is 519 g/mol. The van der Waals surface area contributed by atoms with E-state index in [1.165, 1.54) is 11.9 Å². The molecule has 0 radical (unpaired) electrons. The minimum atomic E-state index is 0.583. The molecule has 4 rings (SSSR count). The lowest BCUT2D eigenvalue weighted by molar-refractivity contribution is -0.377. The zero-order chi connectivity index (χ0) is 27.2. The Morgan fingerprint density at radius 3 is 2.32 bits per heavy atom. The van der Waals surface area contributed by atoms with Gasteiger partial charge in [0.25, 0.3) is 5.88 Å². The van der Waals surface area contributed by atoms with Gasteiger partial charge in [-0.1, -0.05) is 47.5 Å². The van der Waals surface area contributed by atoms with Gasteiger partial charge in [0.1, 0.15) is 5.75 Å². The smallest absolute Gasteiger partial charge is 0.404 e. The summed E-state index contributed by atoms with van der Waals surface area (Å²) >= 11 is 1.43. The maximum absolute atomic E-state index is 7.00. The number of nitrogens with zero attached hydrogens (tertiary/aromatic N) is 1. The normalized spacial score (nSPS) is 9.78. The topological polar surface area (TPSA) is 115 Å². The number of nitrogen functional groups attached to an aromatic ring is 1. The van der Waals surface area contributed by atoms with Crippen molar-refractivity contribution in [3.8, 4) is 22.9 Å². The number of aliphatic hydroxyl groups excluding tert-OH is 2.